The number of aromatic nitrogens is 6. The number of anilines is 4. The summed E-state index contributed by atoms with van der Waals surface area (Å²) in [6, 6.07) is 9.48. The van der Waals surface area contributed by atoms with Crippen LogP contribution in [-0.2, 0) is 50.2 Å². The zero-order valence-corrected chi connectivity index (χ0v) is 41.8. The Hall–Kier alpha value is -7.58. The Morgan fingerprint density at radius 3 is 1.81 bits per heavy atom. The number of likely N-dealkylation sites (N-methyl/N-ethyl adjacent to an activating group) is 1. The smallest absolute Gasteiger partial charge is 0.383 e. The molecule has 0 spiro atoms. The number of hydrogen-bond acceptors (Lipinski definition) is 15. The van der Waals surface area contributed by atoms with Crippen molar-refractivity contribution in [2.45, 2.75) is 59.2 Å². The monoisotopic (exact) mass is 1030 g/mol. The second-order valence-electron chi connectivity index (χ2n) is 17.6. The predicted octanol–water partition coefficient (Wildman–Crippen LogP) is 6.41. The van der Waals surface area contributed by atoms with E-state index in [1.807, 2.05) is 0 Å². The molecule has 4 heterocycles. The fraction of sp³-hybridized carbons (Fsp3) is 0.347. The molecule has 0 aliphatic carbocycles. The van der Waals surface area contributed by atoms with Gasteiger partial charge >= 0.3 is 12.4 Å². The lowest BCUT2D eigenvalue weighted by molar-refractivity contribution is -0.138. The van der Waals surface area contributed by atoms with Gasteiger partial charge < -0.3 is 41.5 Å². The van der Waals surface area contributed by atoms with Crippen molar-refractivity contribution in [3.8, 4) is 0 Å². The summed E-state index contributed by atoms with van der Waals surface area (Å²) in [5.74, 6) is 11.6. The molecule has 6 rings (SSSR count). The number of carbonyl (C=O) groups excluding carboxylic acids is 2. The number of methoxy groups -OCH3 is 1. The molecule has 74 heavy (non-hydrogen) atoms. The van der Waals surface area contributed by atoms with E-state index in [-0.39, 0.29) is 84.4 Å². The maximum Gasteiger partial charge on any atom is 0.416 e. The molecule has 0 aliphatic rings. The summed E-state index contributed by atoms with van der Waals surface area (Å²) in [4.78, 5) is 37.8. The molecule has 0 saturated heterocycles. The Labute approximate surface area is 422 Å². The Morgan fingerprint density at radius 2 is 1.26 bits per heavy atom. The van der Waals surface area contributed by atoms with Crippen molar-refractivity contribution in [1.29, 1.82) is 10.8 Å². The van der Waals surface area contributed by atoms with E-state index in [9.17, 15) is 35.9 Å². The van der Waals surface area contributed by atoms with E-state index < -0.39 is 35.3 Å². The zero-order chi connectivity index (χ0) is 54.2. The van der Waals surface area contributed by atoms with E-state index in [0.717, 1.165) is 24.3 Å². The largest absolute Gasteiger partial charge is 0.416 e. The van der Waals surface area contributed by atoms with Crippen LogP contribution in [0.15, 0.2) is 73.3 Å². The fourth-order valence-corrected chi connectivity index (χ4v) is 7.94. The highest BCUT2D eigenvalue weighted by Gasteiger charge is 2.33. The van der Waals surface area contributed by atoms with E-state index >= 15 is 0 Å². The Balaban J connectivity index is 1.20. The van der Waals surface area contributed by atoms with Crippen LogP contribution in [0.5, 0.6) is 0 Å². The Bertz CT molecular complexity index is 3020. The minimum absolute atomic E-state index is 0.00780. The number of amides is 2. The number of hydrazine groups is 2. The molecule has 0 saturated carbocycles. The molecule has 0 atom stereocenters. The highest BCUT2D eigenvalue weighted by atomic mass is 19.4. The van der Waals surface area contributed by atoms with Gasteiger partial charge in [0.05, 0.1) is 88.5 Å². The molecular formula is C49H58F6N16O3. The molecule has 9 N–H and O–H groups in total. The second-order valence-corrected chi connectivity index (χ2v) is 17.6. The number of aryl methyl sites for hydroxylation is 4. The average molecular weight is 1030 g/mol. The minimum Gasteiger partial charge on any atom is -0.383 e. The molecule has 0 fully saturated rings. The van der Waals surface area contributed by atoms with Crippen LogP contribution in [0.25, 0.3) is 0 Å². The lowest BCUT2D eigenvalue weighted by Gasteiger charge is -2.23. The van der Waals surface area contributed by atoms with Gasteiger partial charge in [-0.15, -0.1) is 0 Å². The fourth-order valence-electron chi connectivity index (χ4n) is 7.94. The van der Waals surface area contributed by atoms with Crippen LogP contribution in [0.1, 0.15) is 76.9 Å². The normalized spacial score (nSPS) is 11.8. The van der Waals surface area contributed by atoms with Gasteiger partial charge in [-0.1, -0.05) is 0 Å². The minimum atomic E-state index is -4.69. The first-order valence-electron chi connectivity index (χ1n) is 22.9. The summed E-state index contributed by atoms with van der Waals surface area (Å²) in [7, 11) is 6.58. The summed E-state index contributed by atoms with van der Waals surface area (Å²) in [5, 5.41) is 37.0. The van der Waals surface area contributed by atoms with Crippen molar-refractivity contribution in [1.82, 2.24) is 39.7 Å². The maximum atomic E-state index is 14.1. The van der Waals surface area contributed by atoms with Crippen LogP contribution < -0.4 is 37.7 Å². The first kappa shape index (κ1) is 55.7. The van der Waals surface area contributed by atoms with Gasteiger partial charge in [0.1, 0.15) is 0 Å². The van der Waals surface area contributed by atoms with Crippen LogP contribution in [0.2, 0.25) is 0 Å². The predicted molar refractivity (Wildman–Crippen MR) is 268 cm³/mol. The average Bonchev–Trinajstić information content (AvgIpc) is 3.88. The summed E-state index contributed by atoms with van der Waals surface area (Å²) in [5.41, 5.74) is 2.33. The van der Waals surface area contributed by atoms with Crippen molar-refractivity contribution in [2.24, 2.45) is 18.7 Å². The summed E-state index contributed by atoms with van der Waals surface area (Å²) in [6.45, 7) is 6.17. The van der Waals surface area contributed by atoms with Crippen LogP contribution in [0.3, 0.4) is 0 Å². The number of nitrogens with one attached hydrogen (secondary N) is 5. The van der Waals surface area contributed by atoms with Gasteiger partial charge in [-0.2, -0.15) is 36.5 Å². The Kier molecular flexibility index (Phi) is 17.7. The van der Waals surface area contributed by atoms with E-state index in [1.54, 1.807) is 56.2 Å². The van der Waals surface area contributed by atoms with Crippen molar-refractivity contribution >= 4 is 46.0 Å². The lowest BCUT2D eigenvalue weighted by atomic mass is 10.1. The van der Waals surface area contributed by atoms with Gasteiger partial charge in [-0.3, -0.25) is 33.8 Å². The third-order valence-electron chi connectivity index (χ3n) is 12.0. The molecule has 4 aromatic heterocycles. The molecule has 0 aliphatic heterocycles. The number of benzene rings is 2. The van der Waals surface area contributed by atoms with Crippen molar-refractivity contribution in [2.75, 3.05) is 68.1 Å². The van der Waals surface area contributed by atoms with Gasteiger partial charge in [-0.05, 0) is 94.5 Å². The number of hydrogen-bond donors (Lipinski definition) is 7. The van der Waals surface area contributed by atoms with Gasteiger partial charge in [0.15, 0.2) is 0 Å². The van der Waals surface area contributed by atoms with E-state index in [1.165, 1.54) is 66.2 Å². The SMILES string of the molecule is CNCc1cc(NC(=O)c2cnc(C)c(N(N)CC(=N)c3cnn(CCc4ncc(C(=O)Nc5cc(CN(C)CCOC)cc(C(F)(F)F)c5)cc4N(N)CC(=N)c4cnn(C)c4C)c3C)c2)cc(C(F)(F)F)c1. The lowest BCUT2D eigenvalue weighted by Crippen LogP contribution is -2.37. The van der Waals surface area contributed by atoms with Crippen LogP contribution in [-0.4, -0.2) is 105 Å². The summed E-state index contributed by atoms with van der Waals surface area (Å²) >= 11 is 0. The van der Waals surface area contributed by atoms with Gasteiger partial charge in [0.2, 0.25) is 0 Å². The van der Waals surface area contributed by atoms with Crippen molar-refractivity contribution in [3.05, 3.63) is 141 Å². The van der Waals surface area contributed by atoms with E-state index in [0.29, 0.717) is 58.2 Å². The highest BCUT2D eigenvalue weighted by molar-refractivity contribution is 6.06. The highest BCUT2D eigenvalue weighted by Crippen LogP contribution is 2.34. The standard InChI is InChI=1S/C49H58F6N16O3/c1-28-44(16-33(21-61-28)46(72)65-37-14-31(20-60-4)12-35(18-37)48(50,51)52)69(58)26-42(57)40-24-64-71(30(40)3)9-8-43-45(70(59)27-41(56)39-23-63-68(6)29(39)2)17-34(22-62-43)47(73)66-38-15-32(25-67(5)10-11-74-7)13-36(19-38)49(53,54)55/h12-19,21-24,56-57,60H,8-11,20,25-27,58-59H2,1-7H3,(H,65,72)(H,66,73). The van der Waals surface area contributed by atoms with Crippen LogP contribution >= 0.6 is 0 Å². The first-order valence-corrected chi connectivity index (χ1v) is 22.9. The molecule has 19 nitrogen and oxygen atoms in total. The quantitative estimate of drug-likeness (QED) is 0.0168. The molecule has 0 bridgehead atoms. The first-order chi connectivity index (χ1) is 34.9. The third-order valence-corrected chi connectivity index (χ3v) is 12.0. The van der Waals surface area contributed by atoms with E-state index in [4.69, 9.17) is 27.2 Å². The molecule has 394 valence electrons. The topological polar surface area (TPSA) is 250 Å². The number of pyridine rings is 2. The summed E-state index contributed by atoms with van der Waals surface area (Å²) < 4.78 is 91.5. The number of alkyl halides is 6. The van der Waals surface area contributed by atoms with Crippen molar-refractivity contribution in [3.63, 3.8) is 0 Å². The van der Waals surface area contributed by atoms with Gasteiger partial charge in [0, 0.05) is 93.0 Å². The Morgan fingerprint density at radius 1 is 0.730 bits per heavy atom. The van der Waals surface area contributed by atoms with Crippen molar-refractivity contribution < 1.29 is 40.7 Å². The van der Waals surface area contributed by atoms with Gasteiger partial charge in [0.25, 0.3) is 11.8 Å². The molecule has 0 radical (unpaired) electrons. The van der Waals surface area contributed by atoms with E-state index in [2.05, 4.69) is 36.1 Å². The number of ether oxygens (including phenoxy) is 1. The molecule has 25 heteroatoms. The molecular weight excluding hydrogens is 975 g/mol. The van der Waals surface area contributed by atoms with Gasteiger partial charge in [-0.25, -0.2) is 11.7 Å². The second kappa shape index (κ2) is 23.5. The number of halogens is 6. The number of nitrogens with two attached hydrogens (primary N) is 2. The number of nitrogens with zero attached hydrogens (tertiary/aromatic N) is 9. The zero-order valence-electron chi connectivity index (χ0n) is 41.8. The molecule has 6 aromatic rings. The van der Waals surface area contributed by atoms with Crippen LogP contribution in [0, 0.1) is 31.6 Å². The maximum absolute atomic E-state index is 14.1. The van der Waals surface area contributed by atoms with Crippen LogP contribution in [0.4, 0.5) is 49.1 Å². The number of rotatable bonds is 22. The molecule has 2 amide bonds. The third kappa shape index (κ3) is 13.9. The molecule has 0 unspecified atom stereocenters. The number of carbonyl (C=O) groups is 2. The summed E-state index contributed by atoms with van der Waals surface area (Å²) in [6.07, 6.45) is -3.59. The molecule has 2 aromatic carbocycles.